The molecule has 1 aromatic rings. The van der Waals surface area contributed by atoms with Gasteiger partial charge in [0.1, 0.15) is 0 Å². The Hall–Kier alpha value is -1.46. The van der Waals surface area contributed by atoms with Gasteiger partial charge >= 0.3 is 0 Å². The highest BCUT2D eigenvalue weighted by Gasteiger charge is 2.40. The molecule has 27 heavy (non-hydrogen) atoms. The normalized spacial score (nSPS) is 29.3. The van der Waals surface area contributed by atoms with E-state index in [4.69, 9.17) is 0 Å². The number of fused-ring (bicyclic) bond motifs is 1. The number of amides is 1. The molecule has 148 valence electrons. The second kappa shape index (κ2) is 9.16. The highest BCUT2D eigenvalue weighted by atomic mass is 16.1. The summed E-state index contributed by atoms with van der Waals surface area (Å²) in [6, 6.07) is 5.32. The van der Waals surface area contributed by atoms with E-state index in [1.54, 1.807) is 0 Å². The maximum absolute atomic E-state index is 13.0. The van der Waals surface area contributed by atoms with E-state index in [1.165, 1.54) is 44.1 Å². The molecular weight excluding hydrogens is 336 g/mol. The summed E-state index contributed by atoms with van der Waals surface area (Å²) >= 11 is 0. The van der Waals surface area contributed by atoms with E-state index in [0.717, 1.165) is 51.6 Å². The van der Waals surface area contributed by atoms with Gasteiger partial charge in [0.15, 0.2) is 0 Å². The number of likely N-dealkylation sites (tertiary alicyclic amines) is 1. The molecule has 0 unspecified atom stereocenters. The smallest absolute Gasteiger partial charge is 0.224 e. The Balaban J connectivity index is 1.55. The molecule has 1 aliphatic carbocycles. The average Bonchev–Trinajstić information content (AvgIpc) is 2.68. The van der Waals surface area contributed by atoms with Crippen molar-refractivity contribution in [1.82, 2.24) is 20.1 Å². The minimum absolute atomic E-state index is 0.126. The van der Waals surface area contributed by atoms with E-state index in [2.05, 4.69) is 32.2 Å². The van der Waals surface area contributed by atoms with Gasteiger partial charge in [-0.15, -0.1) is 0 Å². The summed E-state index contributed by atoms with van der Waals surface area (Å²) in [5.41, 5.74) is 1.31. The van der Waals surface area contributed by atoms with Crippen molar-refractivity contribution in [2.45, 2.75) is 70.0 Å². The molecule has 2 atom stereocenters. The number of rotatable bonds is 3. The summed E-state index contributed by atoms with van der Waals surface area (Å²) in [5.74, 6) is 0.413. The molecule has 3 aliphatic rings. The van der Waals surface area contributed by atoms with Crippen LogP contribution in [0.15, 0.2) is 24.5 Å². The number of carbonyl (C=O) groups excluding carboxylic acids is 1. The van der Waals surface area contributed by atoms with Gasteiger partial charge in [0, 0.05) is 44.1 Å². The average molecular weight is 371 g/mol. The lowest BCUT2D eigenvalue weighted by atomic mass is 9.84. The first-order valence-electron chi connectivity index (χ1n) is 11.0. The first-order chi connectivity index (χ1) is 13.3. The Bertz CT molecular complexity index is 604. The lowest BCUT2D eigenvalue weighted by Crippen LogP contribution is -2.59. The van der Waals surface area contributed by atoms with Gasteiger partial charge in [-0.1, -0.05) is 19.3 Å². The van der Waals surface area contributed by atoms with Gasteiger partial charge in [-0.3, -0.25) is 19.6 Å². The van der Waals surface area contributed by atoms with Crippen LogP contribution in [-0.4, -0.2) is 59.0 Å². The number of nitrogens with one attached hydrogen (secondary N) is 1. The fourth-order valence-corrected chi connectivity index (χ4v) is 4.94. The van der Waals surface area contributed by atoms with Gasteiger partial charge in [0.25, 0.3) is 0 Å². The predicted molar refractivity (Wildman–Crippen MR) is 107 cm³/mol. The van der Waals surface area contributed by atoms with Crippen molar-refractivity contribution >= 4 is 5.91 Å². The van der Waals surface area contributed by atoms with Crippen LogP contribution in [0, 0.1) is 5.92 Å². The van der Waals surface area contributed by atoms with Crippen molar-refractivity contribution in [3.8, 4) is 0 Å². The van der Waals surface area contributed by atoms with Crippen LogP contribution in [0.3, 0.4) is 0 Å². The monoisotopic (exact) mass is 370 g/mol. The maximum Gasteiger partial charge on any atom is 0.224 e. The summed E-state index contributed by atoms with van der Waals surface area (Å²) in [6.45, 7) is 5.00. The number of carbonyl (C=O) groups is 1. The summed E-state index contributed by atoms with van der Waals surface area (Å²) in [7, 11) is 0. The second-order valence-corrected chi connectivity index (χ2v) is 8.57. The maximum atomic E-state index is 13.0. The topological polar surface area (TPSA) is 48.5 Å². The molecule has 1 N–H and O–H groups in total. The van der Waals surface area contributed by atoms with E-state index in [0.29, 0.717) is 6.04 Å². The molecule has 2 aliphatic heterocycles. The Morgan fingerprint density at radius 1 is 1.00 bits per heavy atom. The van der Waals surface area contributed by atoms with Crippen molar-refractivity contribution in [2.24, 2.45) is 5.92 Å². The summed E-state index contributed by atoms with van der Waals surface area (Å²) < 4.78 is 0. The molecule has 0 aromatic carbocycles. The minimum Gasteiger partial charge on any atom is -0.356 e. The standard InChI is InChI=1S/C22H34N4O/c27-22-20-10-15-25(19-6-5-7-19)17-21(20)26(14-4-2-1-3-11-24-22)16-18-8-12-23-13-9-18/h8-9,12-13,19-21H,1-7,10-11,14-17H2,(H,24,27)/t20-,21+/m0/s1. The zero-order valence-corrected chi connectivity index (χ0v) is 16.5. The number of piperidine rings is 1. The summed E-state index contributed by atoms with van der Waals surface area (Å²) in [4.78, 5) is 22.4. The lowest BCUT2D eigenvalue weighted by molar-refractivity contribution is -0.130. The largest absolute Gasteiger partial charge is 0.356 e. The lowest BCUT2D eigenvalue weighted by Gasteiger charge is -2.48. The molecule has 2 saturated heterocycles. The van der Waals surface area contributed by atoms with Gasteiger partial charge in [-0.2, -0.15) is 0 Å². The van der Waals surface area contributed by atoms with Crippen LogP contribution in [0.25, 0.3) is 0 Å². The molecular formula is C22H34N4O. The zero-order chi connectivity index (χ0) is 18.5. The third-order valence-electron chi connectivity index (χ3n) is 6.82. The van der Waals surface area contributed by atoms with Crippen molar-refractivity contribution in [1.29, 1.82) is 0 Å². The van der Waals surface area contributed by atoms with Crippen LogP contribution < -0.4 is 5.32 Å². The minimum atomic E-state index is 0.126. The van der Waals surface area contributed by atoms with Gasteiger partial charge < -0.3 is 5.32 Å². The Labute approximate surface area is 163 Å². The van der Waals surface area contributed by atoms with Crippen molar-refractivity contribution in [2.75, 3.05) is 26.2 Å². The molecule has 0 bridgehead atoms. The molecule has 3 heterocycles. The third-order valence-corrected chi connectivity index (χ3v) is 6.82. The van der Waals surface area contributed by atoms with Crippen molar-refractivity contribution in [3.63, 3.8) is 0 Å². The van der Waals surface area contributed by atoms with E-state index in [9.17, 15) is 4.79 Å². The second-order valence-electron chi connectivity index (χ2n) is 8.57. The van der Waals surface area contributed by atoms with Gasteiger partial charge in [-0.05, 0) is 62.9 Å². The Morgan fingerprint density at radius 3 is 2.59 bits per heavy atom. The highest BCUT2D eigenvalue weighted by Crippen LogP contribution is 2.32. The molecule has 1 saturated carbocycles. The van der Waals surface area contributed by atoms with E-state index in [-0.39, 0.29) is 11.8 Å². The molecule has 1 amide bonds. The molecule has 4 rings (SSSR count). The number of pyridine rings is 1. The highest BCUT2D eigenvalue weighted by molar-refractivity contribution is 5.79. The SMILES string of the molecule is O=C1NCCCCCCN(Cc2ccncc2)[C@@H]2CN(C3CCC3)CC[C@H]12. The van der Waals surface area contributed by atoms with E-state index < -0.39 is 0 Å². The van der Waals surface area contributed by atoms with E-state index in [1.807, 2.05) is 12.4 Å². The first kappa shape index (κ1) is 18.9. The fraction of sp³-hybridized carbons (Fsp3) is 0.727. The molecule has 0 radical (unpaired) electrons. The summed E-state index contributed by atoms with van der Waals surface area (Å²) in [6.07, 6.45) is 13.6. The quantitative estimate of drug-likeness (QED) is 0.889. The van der Waals surface area contributed by atoms with Crippen LogP contribution in [0.4, 0.5) is 0 Å². The number of hydrogen-bond acceptors (Lipinski definition) is 4. The molecule has 0 spiro atoms. The zero-order valence-electron chi connectivity index (χ0n) is 16.5. The third kappa shape index (κ3) is 4.69. The predicted octanol–water partition coefficient (Wildman–Crippen LogP) is 2.82. The van der Waals surface area contributed by atoms with Gasteiger partial charge in [-0.25, -0.2) is 0 Å². The molecule has 3 fully saturated rings. The summed E-state index contributed by atoms with van der Waals surface area (Å²) in [5, 5.41) is 3.24. The van der Waals surface area contributed by atoms with Crippen LogP contribution >= 0.6 is 0 Å². The number of aromatic nitrogens is 1. The van der Waals surface area contributed by atoms with Gasteiger partial charge in [0.2, 0.25) is 5.91 Å². The number of nitrogens with zero attached hydrogens (tertiary/aromatic N) is 3. The molecule has 5 heteroatoms. The van der Waals surface area contributed by atoms with Gasteiger partial charge in [0.05, 0.1) is 5.92 Å². The van der Waals surface area contributed by atoms with Crippen LogP contribution in [-0.2, 0) is 11.3 Å². The Kier molecular flexibility index (Phi) is 6.40. The van der Waals surface area contributed by atoms with Crippen molar-refractivity contribution in [3.05, 3.63) is 30.1 Å². The van der Waals surface area contributed by atoms with Crippen molar-refractivity contribution < 1.29 is 4.79 Å². The van der Waals surface area contributed by atoms with Crippen LogP contribution in [0.2, 0.25) is 0 Å². The first-order valence-corrected chi connectivity index (χ1v) is 11.0. The van der Waals surface area contributed by atoms with Crippen LogP contribution in [0.1, 0.15) is 56.9 Å². The molecule has 5 nitrogen and oxygen atoms in total. The van der Waals surface area contributed by atoms with E-state index >= 15 is 0 Å². The van der Waals surface area contributed by atoms with Crippen LogP contribution in [0.5, 0.6) is 0 Å². The fourth-order valence-electron chi connectivity index (χ4n) is 4.94. The molecule has 1 aromatic heterocycles. The number of hydrogen-bond donors (Lipinski definition) is 1. The Morgan fingerprint density at radius 2 is 1.81 bits per heavy atom.